The van der Waals surface area contributed by atoms with Crippen molar-refractivity contribution in [2.45, 2.75) is 58.8 Å². The van der Waals surface area contributed by atoms with Crippen LogP contribution in [0.4, 0.5) is 15.4 Å². The highest BCUT2D eigenvalue weighted by Crippen LogP contribution is 2.32. The molecule has 1 aliphatic rings. The highest BCUT2D eigenvalue weighted by atomic mass is 16.6. The van der Waals surface area contributed by atoms with Crippen molar-refractivity contribution in [3.63, 3.8) is 0 Å². The van der Waals surface area contributed by atoms with Crippen LogP contribution in [0, 0.1) is 0 Å². The first kappa shape index (κ1) is 27.9. The predicted octanol–water partition coefficient (Wildman–Crippen LogP) is 4.07. The minimum absolute atomic E-state index is 0.194. The van der Waals surface area contributed by atoms with Crippen LogP contribution in [-0.2, 0) is 9.47 Å². The van der Waals surface area contributed by atoms with Gasteiger partial charge in [-0.25, -0.2) is 24.1 Å². The van der Waals surface area contributed by atoms with Crippen molar-refractivity contribution < 1.29 is 23.8 Å². The lowest BCUT2D eigenvalue weighted by Crippen LogP contribution is -2.57. The van der Waals surface area contributed by atoms with Gasteiger partial charge >= 0.3 is 12.2 Å². The maximum absolute atomic E-state index is 12.3. The Morgan fingerprint density at radius 1 is 1.08 bits per heavy atom. The zero-order chi connectivity index (χ0) is 28.4. The van der Waals surface area contributed by atoms with Gasteiger partial charge < -0.3 is 29.3 Å². The van der Waals surface area contributed by atoms with Gasteiger partial charge in [-0.2, -0.15) is 5.10 Å². The van der Waals surface area contributed by atoms with E-state index in [2.05, 4.69) is 15.4 Å². The largest absolute Gasteiger partial charge is 0.470 e. The summed E-state index contributed by atoms with van der Waals surface area (Å²) in [4.78, 5) is 36.7. The van der Waals surface area contributed by atoms with E-state index in [0.29, 0.717) is 43.5 Å². The van der Waals surface area contributed by atoms with Crippen LogP contribution in [0.2, 0.25) is 0 Å². The van der Waals surface area contributed by atoms with Gasteiger partial charge in [0.25, 0.3) is 0 Å². The maximum atomic E-state index is 12.3. The van der Waals surface area contributed by atoms with Gasteiger partial charge in [0.15, 0.2) is 5.65 Å². The molecular weight excluding hydrogens is 502 g/mol. The van der Waals surface area contributed by atoms with Gasteiger partial charge in [-0.1, -0.05) is 0 Å². The fourth-order valence-electron chi connectivity index (χ4n) is 3.78. The average Bonchev–Trinajstić information content (AvgIpc) is 3.22. The number of amides is 2. The fourth-order valence-corrected chi connectivity index (χ4v) is 3.78. The second-order valence-corrected chi connectivity index (χ2v) is 11.4. The van der Waals surface area contributed by atoms with Crippen LogP contribution >= 0.6 is 0 Å². The van der Waals surface area contributed by atoms with E-state index in [9.17, 15) is 9.59 Å². The number of fused-ring (bicyclic) bond motifs is 1. The molecule has 0 saturated carbocycles. The van der Waals surface area contributed by atoms with Crippen molar-refractivity contribution in [2.24, 2.45) is 0 Å². The van der Waals surface area contributed by atoms with Gasteiger partial charge in [-0.3, -0.25) is 0 Å². The number of likely N-dealkylation sites (N-methyl/N-ethyl adjacent to an activating group) is 1. The van der Waals surface area contributed by atoms with E-state index in [1.807, 2.05) is 65.9 Å². The quantitative estimate of drug-likeness (QED) is 0.473. The molecule has 3 aromatic rings. The molecule has 0 spiro atoms. The SMILES string of the molecule is CN(CCNc1ccn2ncc(-c3cccnc3OC3CN(C(=O)OC(C)(C)C)C3)c2n1)C(=O)OC(C)(C)C. The number of likely N-dealkylation sites (tertiary alicyclic amines) is 1. The monoisotopic (exact) mass is 539 g/mol. The Morgan fingerprint density at radius 3 is 2.49 bits per heavy atom. The van der Waals surface area contributed by atoms with E-state index in [0.717, 1.165) is 11.1 Å². The van der Waals surface area contributed by atoms with E-state index < -0.39 is 11.2 Å². The number of hydrogen-bond donors (Lipinski definition) is 1. The molecule has 1 fully saturated rings. The van der Waals surface area contributed by atoms with Gasteiger partial charge in [0.05, 0.1) is 24.8 Å². The Labute approximate surface area is 228 Å². The average molecular weight is 540 g/mol. The molecule has 1 N–H and O–H groups in total. The van der Waals surface area contributed by atoms with Gasteiger partial charge in [0, 0.05) is 38.1 Å². The van der Waals surface area contributed by atoms with Crippen molar-refractivity contribution in [1.29, 1.82) is 0 Å². The van der Waals surface area contributed by atoms with Gasteiger partial charge in [-0.05, 0) is 59.7 Å². The number of anilines is 1. The molecular formula is C27H37N7O5. The maximum Gasteiger partial charge on any atom is 0.410 e. The molecule has 12 nitrogen and oxygen atoms in total. The standard InChI is InChI=1S/C27H37N7O5/c1-26(2,3)38-24(35)32(7)14-12-28-21-10-13-34-22(31-21)20(15-30-34)19-9-8-11-29-23(19)37-18-16-33(17-18)25(36)39-27(4,5)6/h8-11,13,15,18H,12,14,16-17H2,1-7H3,(H,28,31). The summed E-state index contributed by atoms with van der Waals surface area (Å²) in [6.07, 6.45) is 4.27. The van der Waals surface area contributed by atoms with Crippen LogP contribution in [0.5, 0.6) is 5.88 Å². The molecule has 2 amide bonds. The Hall–Kier alpha value is -4.09. The molecule has 0 radical (unpaired) electrons. The molecule has 12 heteroatoms. The molecule has 1 saturated heterocycles. The number of ether oxygens (including phenoxy) is 3. The molecule has 3 aromatic heterocycles. The van der Waals surface area contributed by atoms with Crippen LogP contribution in [-0.4, -0.2) is 92.1 Å². The number of carbonyl (C=O) groups excluding carboxylic acids is 2. The summed E-state index contributed by atoms with van der Waals surface area (Å²) in [6, 6.07) is 5.55. The summed E-state index contributed by atoms with van der Waals surface area (Å²) in [5.41, 5.74) is 1.04. The summed E-state index contributed by atoms with van der Waals surface area (Å²) >= 11 is 0. The van der Waals surface area contributed by atoms with Crippen molar-refractivity contribution in [3.8, 4) is 17.0 Å². The third kappa shape index (κ3) is 7.27. The summed E-state index contributed by atoms with van der Waals surface area (Å²) in [7, 11) is 1.69. The van der Waals surface area contributed by atoms with Crippen LogP contribution in [0.3, 0.4) is 0 Å². The minimum Gasteiger partial charge on any atom is -0.470 e. The van der Waals surface area contributed by atoms with E-state index in [1.165, 1.54) is 4.90 Å². The fraction of sp³-hybridized carbons (Fsp3) is 0.519. The summed E-state index contributed by atoms with van der Waals surface area (Å²) in [6.45, 7) is 12.8. The van der Waals surface area contributed by atoms with Crippen LogP contribution < -0.4 is 10.1 Å². The van der Waals surface area contributed by atoms with E-state index in [1.54, 1.807) is 28.9 Å². The third-order valence-electron chi connectivity index (χ3n) is 5.67. The highest BCUT2D eigenvalue weighted by molar-refractivity contribution is 5.80. The Balaban J connectivity index is 1.41. The number of hydrogen-bond acceptors (Lipinski definition) is 9. The molecule has 210 valence electrons. The number of carbonyl (C=O) groups is 2. The lowest BCUT2D eigenvalue weighted by molar-refractivity contribution is -0.0230. The number of nitrogens with one attached hydrogen (secondary N) is 1. The number of nitrogens with zero attached hydrogens (tertiary/aromatic N) is 6. The predicted molar refractivity (Wildman–Crippen MR) is 146 cm³/mol. The van der Waals surface area contributed by atoms with Gasteiger partial charge in [0.2, 0.25) is 5.88 Å². The number of pyridine rings is 1. The Bertz CT molecular complexity index is 1320. The van der Waals surface area contributed by atoms with Crippen molar-refractivity contribution in [2.75, 3.05) is 38.5 Å². The van der Waals surface area contributed by atoms with Gasteiger partial charge in [-0.15, -0.1) is 0 Å². The van der Waals surface area contributed by atoms with Crippen LogP contribution in [0.25, 0.3) is 16.8 Å². The van der Waals surface area contributed by atoms with E-state index in [4.69, 9.17) is 19.2 Å². The first-order valence-electron chi connectivity index (χ1n) is 12.9. The molecule has 0 aromatic carbocycles. The smallest absolute Gasteiger partial charge is 0.410 e. The number of rotatable bonds is 7. The van der Waals surface area contributed by atoms with Crippen molar-refractivity contribution in [1.82, 2.24) is 29.4 Å². The highest BCUT2D eigenvalue weighted by Gasteiger charge is 2.36. The molecule has 0 unspecified atom stereocenters. The Kier molecular flexibility index (Phi) is 7.84. The normalized spacial score (nSPS) is 14.1. The summed E-state index contributed by atoms with van der Waals surface area (Å²) in [5, 5.41) is 7.68. The zero-order valence-corrected chi connectivity index (χ0v) is 23.6. The first-order chi connectivity index (χ1) is 18.3. The topological polar surface area (TPSA) is 123 Å². The molecule has 39 heavy (non-hydrogen) atoms. The van der Waals surface area contributed by atoms with E-state index >= 15 is 0 Å². The third-order valence-corrected chi connectivity index (χ3v) is 5.67. The number of aromatic nitrogens is 4. The summed E-state index contributed by atoms with van der Waals surface area (Å²) < 4.78 is 18.6. The zero-order valence-electron chi connectivity index (χ0n) is 23.6. The van der Waals surface area contributed by atoms with Crippen molar-refractivity contribution >= 4 is 23.7 Å². The molecule has 1 aliphatic heterocycles. The van der Waals surface area contributed by atoms with Crippen molar-refractivity contribution in [3.05, 3.63) is 36.8 Å². The molecule has 4 heterocycles. The minimum atomic E-state index is -0.547. The lowest BCUT2D eigenvalue weighted by Gasteiger charge is -2.39. The second-order valence-electron chi connectivity index (χ2n) is 11.4. The molecule has 0 aliphatic carbocycles. The van der Waals surface area contributed by atoms with E-state index in [-0.39, 0.29) is 18.3 Å². The molecule has 0 bridgehead atoms. The van der Waals surface area contributed by atoms with Crippen LogP contribution in [0.15, 0.2) is 36.8 Å². The summed E-state index contributed by atoms with van der Waals surface area (Å²) in [5.74, 6) is 1.08. The first-order valence-corrected chi connectivity index (χ1v) is 12.9. The lowest BCUT2D eigenvalue weighted by atomic mass is 10.1. The second kappa shape index (κ2) is 11.0. The Morgan fingerprint density at radius 2 is 1.79 bits per heavy atom. The molecule has 4 rings (SSSR count). The van der Waals surface area contributed by atoms with Gasteiger partial charge in [0.1, 0.15) is 23.1 Å². The van der Waals surface area contributed by atoms with Crippen LogP contribution in [0.1, 0.15) is 41.5 Å². The molecule has 0 atom stereocenters.